The van der Waals surface area contributed by atoms with E-state index in [1.807, 2.05) is 0 Å². The van der Waals surface area contributed by atoms with E-state index in [4.69, 9.17) is 10.9 Å². The number of rotatable bonds is 2. The van der Waals surface area contributed by atoms with Gasteiger partial charge in [0.25, 0.3) is 0 Å². The number of nitrogens with two attached hydrogens (primary N) is 1. The molecule has 3 aliphatic rings. The zero-order valence-corrected chi connectivity index (χ0v) is 6.77. The Labute approximate surface area is 66.9 Å². The van der Waals surface area contributed by atoms with Crippen molar-refractivity contribution in [3.05, 3.63) is 0 Å². The molecule has 0 radical (unpaired) electrons. The van der Waals surface area contributed by atoms with Crippen molar-refractivity contribution >= 4 is 0 Å². The van der Waals surface area contributed by atoms with E-state index in [9.17, 15) is 0 Å². The molecule has 3 saturated carbocycles. The molecular weight excluding hydrogens is 140 g/mol. The molecule has 0 heterocycles. The van der Waals surface area contributed by atoms with Crippen molar-refractivity contribution in [3.8, 4) is 0 Å². The first-order valence-electron chi connectivity index (χ1n) is 4.33. The molecule has 4 N–H and O–H groups in total. The van der Waals surface area contributed by atoms with E-state index in [0.29, 0.717) is 6.61 Å². The highest BCUT2D eigenvalue weighted by molar-refractivity contribution is 5.11. The quantitative estimate of drug-likeness (QED) is 0.394. The van der Waals surface area contributed by atoms with Gasteiger partial charge in [-0.1, -0.05) is 6.42 Å². The van der Waals surface area contributed by atoms with Crippen LogP contribution in [0.3, 0.4) is 0 Å². The Bertz CT molecular complexity index is 147. The van der Waals surface area contributed by atoms with E-state index in [0.717, 1.165) is 12.8 Å². The normalized spacial score (nSPS) is 48.5. The maximum absolute atomic E-state index is 9.13. The van der Waals surface area contributed by atoms with Crippen LogP contribution in [0.5, 0.6) is 0 Å². The van der Waals surface area contributed by atoms with Gasteiger partial charge >= 0.3 is 0 Å². The molecule has 0 aromatic heterocycles. The molecule has 0 aromatic carbocycles. The first kappa shape index (κ1) is 7.53. The fraction of sp³-hybridized carbons (Fsp3) is 1.00. The Kier molecular flexibility index (Phi) is 1.50. The third-order valence-corrected chi connectivity index (χ3v) is 3.43. The Morgan fingerprint density at radius 3 is 2.64 bits per heavy atom. The van der Waals surface area contributed by atoms with Crippen LogP contribution >= 0.6 is 0 Å². The largest absolute Gasteiger partial charge is 0.396 e. The highest BCUT2D eigenvalue weighted by atomic mass is 16.3. The Morgan fingerprint density at radius 2 is 2.09 bits per heavy atom. The molecule has 3 nitrogen and oxygen atoms in total. The van der Waals surface area contributed by atoms with Gasteiger partial charge in [0, 0.05) is 12.1 Å². The number of fused-ring (bicyclic) bond motifs is 2. The standard InChI is InChI=1S/C8H16N2O/c9-10-8-3-1-2-7(4-8,5-8)6-11/h10-11H,1-6,9H2. The Balaban J connectivity index is 2.05. The lowest BCUT2D eigenvalue weighted by Gasteiger charge is -2.59. The summed E-state index contributed by atoms with van der Waals surface area (Å²) in [5.41, 5.74) is 3.33. The molecule has 3 rings (SSSR count). The molecule has 0 amide bonds. The molecule has 2 bridgehead atoms. The predicted octanol–water partition coefficient (Wildman–Crippen LogP) is 0.145. The van der Waals surface area contributed by atoms with Crippen LogP contribution in [0, 0.1) is 5.41 Å². The minimum atomic E-state index is 0.195. The second-order valence-electron chi connectivity index (χ2n) is 4.29. The summed E-state index contributed by atoms with van der Waals surface area (Å²) in [5.74, 6) is 5.46. The molecule has 11 heavy (non-hydrogen) atoms. The van der Waals surface area contributed by atoms with Crippen molar-refractivity contribution in [2.45, 2.75) is 37.6 Å². The molecule has 3 aliphatic carbocycles. The number of nitrogens with one attached hydrogen (secondary N) is 1. The van der Waals surface area contributed by atoms with Crippen LogP contribution in [0.25, 0.3) is 0 Å². The van der Waals surface area contributed by atoms with Gasteiger partial charge in [-0.3, -0.25) is 11.3 Å². The third-order valence-electron chi connectivity index (χ3n) is 3.43. The first-order valence-corrected chi connectivity index (χ1v) is 4.33. The van der Waals surface area contributed by atoms with Gasteiger partial charge in [0.05, 0.1) is 0 Å². The zero-order chi connectivity index (χ0) is 7.95. The van der Waals surface area contributed by atoms with Crippen LogP contribution in [0.4, 0.5) is 0 Å². The average molecular weight is 156 g/mol. The molecule has 0 saturated heterocycles. The number of hydrazine groups is 1. The van der Waals surface area contributed by atoms with Crippen molar-refractivity contribution in [1.29, 1.82) is 0 Å². The predicted molar refractivity (Wildman–Crippen MR) is 42.7 cm³/mol. The summed E-state index contributed by atoms with van der Waals surface area (Å²) in [5, 5.41) is 9.13. The highest BCUT2D eigenvalue weighted by Crippen LogP contribution is 2.57. The van der Waals surface area contributed by atoms with E-state index in [2.05, 4.69) is 5.43 Å². The Morgan fingerprint density at radius 1 is 1.36 bits per heavy atom. The number of aliphatic hydroxyl groups excluding tert-OH is 1. The lowest BCUT2D eigenvalue weighted by molar-refractivity contribution is -0.0857. The Hall–Kier alpha value is -0.120. The molecule has 0 spiro atoms. The van der Waals surface area contributed by atoms with E-state index in [-0.39, 0.29) is 11.0 Å². The monoisotopic (exact) mass is 156 g/mol. The van der Waals surface area contributed by atoms with E-state index < -0.39 is 0 Å². The van der Waals surface area contributed by atoms with Crippen LogP contribution in [-0.2, 0) is 0 Å². The third kappa shape index (κ3) is 0.916. The number of hydrogen-bond donors (Lipinski definition) is 3. The van der Waals surface area contributed by atoms with Crippen molar-refractivity contribution in [2.24, 2.45) is 11.3 Å². The van der Waals surface area contributed by atoms with Crippen molar-refractivity contribution in [2.75, 3.05) is 6.61 Å². The summed E-state index contributed by atoms with van der Waals surface area (Å²) in [4.78, 5) is 0. The summed E-state index contributed by atoms with van der Waals surface area (Å²) in [6, 6.07) is 0. The summed E-state index contributed by atoms with van der Waals surface area (Å²) in [7, 11) is 0. The lowest BCUT2D eigenvalue weighted by atomic mass is 9.50. The second-order valence-corrected chi connectivity index (χ2v) is 4.29. The summed E-state index contributed by atoms with van der Waals surface area (Å²) >= 11 is 0. The molecule has 0 unspecified atom stereocenters. The minimum Gasteiger partial charge on any atom is -0.396 e. The SMILES string of the molecule is NNC12CCCC(CO)(C1)C2. The number of aliphatic hydroxyl groups is 1. The van der Waals surface area contributed by atoms with Crippen LogP contribution in [0.15, 0.2) is 0 Å². The maximum atomic E-state index is 9.13. The first-order chi connectivity index (χ1) is 5.24. The van der Waals surface area contributed by atoms with Crippen molar-refractivity contribution < 1.29 is 5.11 Å². The van der Waals surface area contributed by atoms with Gasteiger partial charge in [0.2, 0.25) is 0 Å². The van der Waals surface area contributed by atoms with Gasteiger partial charge in [0.1, 0.15) is 0 Å². The molecule has 0 aliphatic heterocycles. The van der Waals surface area contributed by atoms with Gasteiger partial charge in [-0.2, -0.15) is 0 Å². The van der Waals surface area contributed by atoms with Crippen LogP contribution in [-0.4, -0.2) is 17.3 Å². The fourth-order valence-electron chi connectivity index (χ4n) is 2.90. The smallest absolute Gasteiger partial charge is 0.0488 e. The molecule has 64 valence electrons. The van der Waals surface area contributed by atoms with Gasteiger partial charge in [-0.25, -0.2) is 0 Å². The van der Waals surface area contributed by atoms with Gasteiger partial charge in [0.15, 0.2) is 0 Å². The van der Waals surface area contributed by atoms with Crippen LogP contribution in [0.2, 0.25) is 0 Å². The fourth-order valence-corrected chi connectivity index (χ4v) is 2.90. The van der Waals surface area contributed by atoms with Crippen LogP contribution < -0.4 is 11.3 Å². The molecule has 3 fully saturated rings. The minimum absolute atomic E-state index is 0.195. The second kappa shape index (κ2) is 2.19. The average Bonchev–Trinajstić information content (AvgIpc) is 2.04. The molecular formula is C8H16N2O. The van der Waals surface area contributed by atoms with Gasteiger partial charge < -0.3 is 5.11 Å². The van der Waals surface area contributed by atoms with Crippen LogP contribution in [0.1, 0.15) is 32.1 Å². The summed E-state index contributed by atoms with van der Waals surface area (Å²) in [6.45, 7) is 0.344. The maximum Gasteiger partial charge on any atom is 0.0488 e. The molecule has 0 atom stereocenters. The number of hydrogen-bond acceptors (Lipinski definition) is 3. The molecule has 3 heteroatoms. The van der Waals surface area contributed by atoms with E-state index >= 15 is 0 Å². The van der Waals surface area contributed by atoms with E-state index in [1.165, 1.54) is 19.3 Å². The topological polar surface area (TPSA) is 58.3 Å². The highest BCUT2D eigenvalue weighted by Gasteiger charge is 2.56. The summed E-state index contributed by atoms with van der Waals surface area (Å²) < 4.78 is 0. The lowest BCUT2D eigenvalue weighted by Crippen LogP contribution is -2.66. The van der Waals surface area contributed by atoms with Crippen molar-refractivity contribution in [3.63, 3.8) is 0 Å². The zero-order valence-electron chi connectivity index (χ0n) is 6.77. The van der Waals surface area contributed by atoms with Crippen molar-refractivity contribution in [1.82, 2.24) is 5.43 Å². The van der Waals surface area contributed by atoms with Gasteiger partial charge in [-0.05, 0) is 31.1 Å². The van der Waals surface area contributed by atoms with Gasteiger partial charge in [-0.15, -0.1) is 0 Å². The molecule has 0 aromatic rings. The van der Waals surface area contributed by atoms with E-state index in [1.54, 1.807) is 0 Å². The summed E-state index contributed by atoms with van der Waals surface area (Å²) in [6.07, 6.45) is 5.74.